The van der Waals surface area contributed by atoms with Gasteiger partial charge in [-0.05, 0) is 44.6 Å². The van der Waals surface area contributed by atoms with Gasteiger partial charge in [-0.3, -0.25) is 4.99 Å². The number of nitrogens with one attached hydrogen (secondary N) is 2. The fraction of sp³-hybridized carbons (Fsp3) is 0.550. The van der Waals surface area contributed by atoms with Crippen LogP contribution in [0.3, 0.4) is 0 Å². The molecular weight excluding hydrogens is 298 g/mol. The molecule has 4 heteroatoms. The van der Waals surface area contributed by atoms with Crippen LogP contribution in [0.1, 0.15) is 50.5 Å². The summed E-state index contributed by atoms with van der Waals surface area (Å²) in [6, 6.07) is 10.1. The molecule has 0 bridgehead atoms. The third-order valence-electron chi connectivity index (χ3n) is 4.43. The van der Waals surface area contributed by atoms with Crippen LogP contribution in [-0.2, 0) is 0 Å². The minimum Gasteiger partial charge on any atom is -0.396 e. The summed E-state index contributed by atoms with van der Waals surface area (Å²) in [6.45, 7) is 4.51. The number of aliphatic imine (C=N–C) groups is 1. The zero-order valence-corrected chi connectivity index (χ0v) is 14.8. The highest BCUT2D eigenvalue weighted by molar-refractivity contribution is 5.79. The summed E-state index contributed by atoms with van der Waals surface area (Å²) in [5.41, 5.74) is 2.70. The summed E-state index contributed by atoms with van der Waals surface area (Å²) in [5, 5.41) is 16.4. The number of benzene rings is 1. The van der Waals surface area contributed by atoms with Crippen molar-refractivity contribution >= 4 is 5.96 Å². The molecule has 1 unspecified atom stereocenters. The first-order valence-corrected chi connectivity index (χ1v) is 9.19. The van der Waals surface area contributed by atoms with Gasteiger partial charge in [0.25, 0.3) is 0 Å². The van der Waals surface area contributed by atoms with Crippen molar-refractivity contribution in [1.29, 1.82) is 0 Å². The van der Waals surface area contributed by atoms with Gasteiger partial charge in [-0.25, -0.2) is 0 Å². The van der Waals surface area contributed by atoms with E-state index in [-0.39, 0.29) is 12.5 Å². The molecule has 0 amide bonds. The number of rotatable bonds is 8. The van der Waals surface area contributed by atoms with Gasteiger partial charge in [-0.15, -0.1) is 0 Å². The highest BCUT2D eigenvalue weighted by Gasteiger charge is 2.10. The minimum atomic E-state index is 0.0442. The van der Waals surface area contributed by atoms with E-state index in [1.165, 1.54) is 25.7 Å². The summed E-state index contributed by atoms with van der Waals surface area (Å²) < 4.78 is 0. The van der Waals surface area contributed by atoms with Crippen LogP contribution >= 0.6 is 0 Å². The van der Waals surface area contributed by atoms with Gasteiger partial charge < -0.3 is 15.7 Å². The Bertz CT molecular complexity index is 525. The Labute approximate surface area is 146 Å². The van der Waals surface area contributed by atoms with Crippen LogP contribution in [0.4, 0.5) is 0 Å². The van der Waals surface area contributed by atoms with Crippen molar-refractivity contribution in [2.75, 3.05) is 26.2 Å². The van der Waals surface area contributed by atoms with Gasteiger partial charge in [0.2, 0.25) is 0 Å². The standard InChI is InChI=1S/C20H31N3O/c1-2-21-20(22-14-13-17-9-5-3-6-10-17)23-15-19(16-24)18-11-7-4-8-12-18/h4,7-9,11-12,19,24H,2-3,5-6,10,13-16H2,1H3,(H2,21,22,23). The van der Waals surface area contributed by atoms with Crippen LogP contribution in [-0.4, -0.2) is 37.3 Å². The number of hydrogen-bond donors (Lipinski definition) is 3. The molecule has 1 aliphatic rings. The molecule has 3 N–H and O–H groups in total. The van der Waals surface area contributed by atoms with Gasteiger partial charge in [-0.1, -0.05) is 42.0 Å². The Morgan fingerprint density at radius 3 is 2.71 bits per heavy atom. The summed E-state index contributed by atoms with van der Waals surface area (Å²) in [6.07, 6.45) is 8.63. The molecule has 132 valence electrons. The molecule has 2 rings (SSSR count). The molecule has 0 fully saturated rings. The second-order valence-electron chi connectivity index (χ2n) is 6.29. The average molecular weight is 329 g/mol. The van der Waals surface area contributed by atoms with E-state index in [0.29, 0.717) is 6.54 Å². The maximum atomic E-state index is 9.65. The number of hydrogen-bond acceptors (Lipinski definition) is 2. The van der Waals surface area contributed by atoms with Gasteiger partial charge in [0.1, 0.15) is 0 Å². The highest BCUT2D eigenvalue weighted by Crippen LogP contribution is 2.19. The van der Waals surface area contributed by atoms with Crippen LogP contribution in [0.25, 0.3) is 0 Å². The molecule has 0 spiro atoms. The number of aliphatic hydroxyl groups excluding tert-OH is 1. The summed E-state index contributed by atoms with van der Waals surface area (Å²) in [4.78, 5) is 4.66. The third-order valence-corrected chi connectivity index (χ3v) is 4.43. The predicted octanol–water partition coefficient (Wildman–Crippen LogP) is 3.21. The number of nitrogens with zero attached hydrogens (tertiary/aromatic N) is 1. The molecule has 1 aliphatic carbocycles. The van der Waals surface area contributed by atoms with Crippen LogP contribution in [0.15, 0.2) is 47.0 Å². The monoisotopic (exact) mass is 329 g/mol. The largest absolute Gasteiger partial charge is 0.396 e. The molecule has 1 aromatic rings. The molecule has 0 aromatic heterocycles. The molecule has 1 atom stereocenters. The van der Waals surface area contributed by atoms with Crippen molar-refractivity contribution in [1.82, 2.24) is 10.6 Å². The SMILES string of the molecule is CCNC(=NCC(CO)c1ccccc1)NCCC1=CCCCC1. The van der Waals surface area contributed by atoms with E-state index in [9.17, 15) is 5.11 Å². The van der Waals surface area contributed by atoms with E-state index in [2.05, 4.69) is 28.6 Å². The summed E-state index contributed by atoms with van der Waals surface area (Å²) >= 11 is 0. The quantitative estimate of drug-likeness (QED) is 0.390. The zero-order chi connectivity index (χ0) is 17.0. The Morgan fingerprint density at radius 2 is 2.04 bits per heavy atom. The van der Waals surface area contributed by atoms with E-state index >= 15 is 0 Å². The average Bonchev–Trinajstić information content (AvgIpc) is 2.64. The topological polar surface area (TPSA) is 56.7 Å². The van der Waals surface area contributed by atoms with Crippen molar-refractivity contribution in [3.05, 3.63) is 47.5 Å². The maximum absolute atomic E-state index is 9.65. The molecule has 0 saturated carbocycles. The predicted molar refractivity (Wildman–Crippen MR) is 101 cm³/mol. The molecule has 0 radical (unpaired) electrons. The normalized spacial score (nSPS) is 16.4. The zero-order valence-electron chi connectivity index (χ0n) is 14.8. The highest BCUT2D eigenvalue weighted by atomic mass is 16.3. The molecule has 0 heterocycles. The van der Waals surface area contributed by atoms with Gasteiger partial charge >= 0.3 is 0 Å². The third kappa shape index (κ3) is 6.36. The second-order valence-corrected chi connectivity index (χ2v) is 6.29. The lowest BCUT2D eigenvalue weighted by Gasteiger charge is -2.16. The molecule has 4 nitrogen and oxygen atoms in total. The molecule has 24 heavy (non-hydrogen) atoms. The van der Waals surface area contributed by atoms with Crippen molar-refractivity contribution in [2.24, 2.45) is 4.99 Å². The molecule has 1 aromatic carbocycles. The first-order chi connectivity index (χ1) is 11.8. The lowest BCUT2D eigenvalue weighted by molar-refractivity contribution is 0.268. The maximum Gasteiger partial charge on any atom is 0.191 e. The Balaban J connectivity index is 1.85. The molecule has 0 saturated heterocycles. The smallest absolute Gasteiger partial charge is 0.191 e. The first-order valence-electron chi connectivity index (χ1n) is 9.19. The van der Waals surface area contributed by atoms with Gasteiger partial charge in [0.15, 0.2) is 5.96 Å². The fourth-order valence-corrected chi connectivity index (χ4v) is 3.01. The van der Waals surface area contributed by atoms with Gasteiger partial charge in [0, 0.05) is 19.0 Å². The van der Waals surface area contributed by atoms with Crippen molar-refractivity contribution in [3.63, 3.8) is 0 Å². The van der Waals surface area contributed by atoms with E-state index in [0.717, 1.165) is 31.0 Å². The van der Waals surface area contributed by atoms with Gasteiger partial charge in [0.05, 0.1) is 13.2 Å². The van der Waals surface area contributed by atoms with Gasteiger partial charge in [-0.2, -0.15) is 0 Å². The lowest BCUT2D eigenvalue weighted by Crippen LogP contribution is -2.38. The van der Waals surface area contributed by atoms with Crippen molar-refractivity contribution < 1.29 is 5.11 Å². The van der Waals surface area contributed by atoms with Crippen LogP contribution in [0, 0.1) is 0 Å². The van der Waals surface area contributed by atoms with Crippen LogP contribution in [0.2, 0.25) is 0 Å². The van der Waals surface area contributed by atoms with Crippen LogP contribution < -0.4 is 10.6 Å². The Kier molecular flexibility index (Phi) is 8.39. The Morgan fingerprint density at radius 1 is 1.21 bits per heavy atom. The summed E-state index contributed by atoms with van der Waals surface area (Å²) in [7, 11) is 0. The van der Waals surface area contributed by atoms with E-state index in [4.69, 9.17) is 0 Å². The molecule has 0 aliphatic heterocycles. The summed E-state index contributed by atoms with van der Waals surface area (Å²) in [5.74, 6) is 0.881. The van der Waals surface area contributed by atoms with Crippen molar-refractivity contribution in [2.45, 2.75) is 44.9 Å². The van der Waals surface area contributed by atoms with E-state index < -0.39 is 0 Å². The first kappa shape index (κ1) is 18.5. The number of aliphatic hydroxyl groups is 1. The minimum absolute atomic E-state index is 0.0442. The fourth-order valence-electron chi connectivity index (χ4n) is 3.01. The molecular formula is C20H31N3O. The van der Waals surface area contributed by atoms with Crippen LogP contribution in [0.5, 0.6) is 0 Å². The van der Waals surface area contributed by atoms with E-state index in [1.54, 1.807) is 5.57 Å². The number of allylic oxidation sites excluding steroid dienone is 1. The lowest BCUT2D eigenvalue weighted by atomic mass is 9.97. The second kappa shape index (κ2) is 10.9. The number of guanidine groups is 1. The van der Waals surface area contributed by atoms with E-state index in [1.807, 2.05) is 30.3 Å². The van der Waals surface area contributed by atoms with Crippen molar-refractivity contribution in [3.8, 4) is 0 Å². The Hall–Kier alpha value is -1.81.